The Kier molecular flexibility index (Phi) is 5.15. The Morgan fingerprint density at radius 1 is 1.17 bits per heavy atom. The third-order valence-corrected chi connectivity index (χ3v) is 3.85. The first-order valence-corrected chi connectivity index (χ1v) is 8.33. The van der Waals surface area contributed by atoms with Gasteiger partial charge in [-0.25, -0.2) is 9.98 Å². The number of pyridine rings is 2. The number of hydrogen-bond acceptors (Lipinski definition) is 5. The SMILES string of the molecule is CCCCCCC1=Nc2cccnc2N(C(=O)c2cccnc2)N1. The summed E-state index contributed by atoms with van der Waals surface area (Å²) < 4.78 is 0. The number of nitrogens with zero attached hydrogens (tertiary/aromatic N) is 4. The molecule has 0 fully saturated rings. The van der Waals surface area contributed by atoms with Gasteiger partial charge in [0.1, 0.15) is 11.5 Å². The monoisotopic (exact) mass is 323 g/mol. The zero-order valence-electron chi connectivity index (χ0n) is 13.8. The van der Waals surface area contributed by atoms with Gasteiger partial charge in [0.2, 0.25) is 0 Å². The lowest BCUT2D eigenvalue weighted by Crippen LogP contribution is -2.48. The highest BCUT2D eigenvalue weighted by molar-refractivity contribution is 6.10. The van der Waals surface area contributed by atoms with E-state index in [0.29, 0.717) is 17.1 Å². The molecule has 0 saturated heterocycles. The molecule has 6 nitrogen and oxygen atoms in total. The lowest BCUT2D eigenvalue weighted by atomic mass is 10.1. The topological polar surface area (TPSA) is 70.5 Å². The van der Waals surface area contributed by atoms with Crippen LogP contribution >= 0.6 is 0 Å². The Labute approximate surface area is 141 Å². The predicted molar refractivity (Wildman–Crippen MR) is 94.3 cm³/mol. The van der Waals surface area contributed by atoms with Gasteiger partial charge < -0.3 is 0 Å². The Morgan fingerprint density at radius 2 is 2.04 bits per heavy atom. The predicted octanol–water partition coefficient (Wildman–Crippen LogP) is 3.64. The molecule has 3 heterocycles. The van der Waals surface area contributed by atoms with Crippen molar-refractivity contribution in [3.05, 3.63) is 48.4 Å². The molecule has 1 amide bonds. The fourth-order valence-corrected chi connectivity index (χ4v) is 2.60. The largest absolute Gasteiger partial charge is 0.280 e. The fourth-order valence-electron chi connectivity index (χ4n) is 2.60. The molecule has 0 unspecified atom stereocenters. The van der Waals surface area contributed by atoms with Gasteiger partial charge in [-0.1, -0.05) is 26.2 Å². The number of carbonyl (C=O) groups excluding carboxylic acids is 1. The number of nitrogens with one attached hydrogen (secondary N) is 1. The molecule has 2 aromatic rings. The first-order valence-electron chi connectivity index (χ1n) is 8.33. The summed E-state index contributed by atoms with van der Waals surface area (Å²) in [6.45, 7) is 2.19. The Bertz CT molecular complexity index is 729. The van der Waals surface area contributed by atoms with Crippen molar-refractivity contribution in [1.29, 1.82) is 0 Å². The number of fused-ring (bicyclic) bond motifs is 1. The second kappa shape index (κ2) is 7.68. The second-order valence-corrected chi connectivity index (χ2v) is 5.71. The van der Waals surface area contributed by atoms with Gasteiger partial charge in [-0.2, -0.15) is 5.01 Å². The van der Waals surface area contributed by atoms with Crippen LogP contribution in [0.15, 0.2) is 47.8 Å². The summed E-state index contributed by atoms with van der Waals surface area (Å²) in [5.74, 6) is 1.12. The van der Waals surface area contributed by atoms with Crippen LogP contribution in [0.3, 0.4) is 0 Å². The van der Waals surface area contributed by atoms with Crippen LogP contribution in [0.4, 0.5) is 11.5 Å². The van der Waals surface area contributed by atoms with Gasteiger partial charge in [0.25, 0.3) is 5.91 Å². The Balaban J connectivity index is 1.82. The molecule has 1 aliphatic heterocycles. The molecule has 1 aliphatic rings. The average Bonchev–Trinajstić information content (AvgIpc) is 2.65. The highest BCUT2D eigenvalue weighted by Gasteiger charge is 2.26. The van der Waals surface area contributed by atoms with Gasteiger partial charge in [0.15, 0.2) is 5.82 Å². The van der Waals surface area contributed by atoms with Crippen LogP contribution in [0.1, 0.15) is 49.4 Å². The van der Waals surface area contributed by atoms with Gasteiger partial charge in [0, 0.05) is 25.0 Å². The Morgan fingerprint density at radius 3 is 2.83 bits per heavy atom. The van der Waals surface area contributed by atoms with Crippen molar-refractivity contribution in [2.75, 3.05) is 5.01 Å². The van der Waals surface area contributed by atoms with E-state index in [9.17, 15) is 4.79 Å². The molecule has 0 aliphatic carbocycles. The molecule has 0 spiro atoms. The molecular formula is C18H21N5O. The van der Waals surface area contributed by atoms with Crippen molar-refractivity contribution >= 4 is 23.2 Å². The number of aromatic nitrogens is 2. The van der Waals surface area contributed by atoms with Crippen LogP contribution in [0, 0.1) is 0 Å². The number of amidine groups is 1. The molecule has 2 aromatic heterocycles. The average molecular weight is 323 g/mol. The maximum absolute atomic E-state index is 12.8. The first kappa shape index (κ1) is 16.1. The minimum absolute atomic E-state index is 0.191. The molecule has 124 valence electrons. The van der Waals surface area contributed by atoms with Crippen molar-refractivity contribution < 1.29 is 4.79 Å². The van der Waals surface area contributed by atoms with E-state index in [1.807, 2.05) is 12.1 Å². The Hall–Kier alpha value is -2.76. The van der Waals surface area contributed by atoms with E-state index < -0.39 is 0 Å². The number of unbranched alkanes of at least 4 members (excludes halogenated alkanes) is 3. The summed E-state index contributed by atoms with van der Waals surface area (Å²) in [5.41, 5.74) is 4.34. The van der Waals surface area contributed by atoms with Crippen LogP contribution in [-0.4, -0.2) is 21.7 Å². The molecule has 0 radical (unpaired) electrons. The van der Waals surface area contributed by atoms with E-state index in [0.717, 1.165) is 25.1 Å². The second-order valence-electron chi connectivity index (χ2n) is 5.71. The van der Waals surface area contributed by atoms with Gasteiger partial charge >= 0.3 is 0 Å². The maximum atomic E-state index is 12.8. The van der Waals surface area contributed by atoms with Crippen molar-refractivity contribution in [1.82, 2.24) is 15.4 Å². The lowest BCUT2D eigenvalue weighted by molar-refractivity contribution is 0.0979. The molecule has 0 saturated carbocycles. The summed E-state index contributed by atoms with van der Waals surface area (Å²) in [6, 6.07) is 7.19. The van der Waals surface area contributed by atoms with E-state index in [1.54, 1.807) is 30.7 Å². The smallest absolute Gasteiger partial charge is 0.276 e. The standard InChI is InChI=1S/C18H21N5O/c1-2-3-4-5-10-16-21-15-9-7-12-20-17(15)23(22-16)18(24)14-8-6-11-19-13-14/h6-9,11-13H,2-5,10H2,1H3,(H,21,22). The molecule has 0 aromatic carbocycles. The number of carbonyl (C=O) groups is 1. The van der Waals surface area contributed by atoms with Crippen LogP contribution < -0.4 is 10.4 Å². The van der Waals surface area contributed by atoms with E-state index in [2.05, 4.69) is 27.3 Å². The molecule has 3 rings (SSSR count). The van der Waals surface area contributed by atoms with E-state index in [1.165, 1.54) is 17.9 Å². The number of aliphatic imine (C=N–C) groups is 1. The highest BCUT2D eigenvalue weighted by Crippen LogP contribution is 2.29. The number of hydrogen-bond donors (Lipinski definition) is 1. The minimum atomic E-state index is -0.191. The highest BCUT2D eigenvalue weighted by atomic mass is 16.2. The van der Waals surface area contributed by atoms with Crippen molar-refractivity contribution in [3.63, 3.8) is 0 Å². The van der Waals surface area contributed by atoms with Gasteiger partial charge in [0.05, 0.1) is 5.56 Å². The zero-order chi connectivity index (χ0) is 16.8. The van der Waals surface area contributed by atoms with Crippen LogP contribution in [0.25, 0.3) is 0 Å². The summed E-state index contributed by atoms with van der Waals surface area (Å²) in [6.07, 6.45) is 10.3. The van der Waals surface area contributed by atoms with Gasteiger partial charge in [-0.05, 0) is 30.7 Å². The quantitative estimate of drug-likeness (QED) is 0.824. The first-order chi connectivity index (χ1) is 11.8. The molecule has 0 atom stereocenters. The molecule has 1 N–H and O–H groups in total. The van der Waals surface area contributed by atoms with Crippen LogP contribution in [-0.2, 0) is 0 Å². The lowest BCUT2D eigenvalue weighted by Gasteiger charge is -2.28. The van der Waals surface area contributed by atoms with E-state index in [-0.39, 0.29) is 5.91 Å². The van der Waals surface area contributed by atoms with Gasteiger partial charge in [-0.3, -0.25) is 15.2 Å². The summed E-state index contributed by atoms with van der Waals surface area (Å²) in [7, 11) is 0. The van der Waals surface area contributed by atoms with Crippen molar-refractivity contribution in [2.45, 2.75) is 39.0 Å². The van der Waals surface area contributed by atoms with E-state index in [4.69, 9.17) is 0 Å². The summed E-state index contributed by atoms with van der Waals surface area (Å²) >= 11 is 0. The number of hydrazine groups is 1. The molecular weight excluding hydrogens is 302 g/mol. The van der Waals surface area contributed by atoms with E-state index >= 15 is 0 Å². The summed E-state index contributed by atoms with van der Waals surface area (Å²) in [4.78, 5) is 25.7. The number of rotatable bonds is 6. The molecule has 0 bridgehead atoms. The fraction of sp³-hybridized carbons (Fsp3) is 0.333. The molecule has 24 heavy (non-hydrogen) atoms. The minimum Gasteiger partial charge on any atom is -0.276 e. The van der Waals surface area contributed by atoms with Crippen LogP contribution in [0.5, 0.6) is 0 Å². The maximum Gasteiger partial charge on any atom is 0.280 e. The molecule has 6 heteroatoms. The number of anilines is 1. The third-order valence-electron chi connectivity index (χ3n) is 3.85. The van der Waals surface area contributed by atoms with Crippen molar-refractivity contribution in [2.24, 2.45) is 4.99 Å². The van der Waals surface area contributed by atoms with Crippen LogP contribution in [0.2, 0.25) is 0 Å². The third kappa shape index (κ3) is 3.59. The van der Waals surface area contributed by atoms with Crippen molar-refractivity contribution in [3.8, 4) is 0 Å². The normalized spacial score (nSPS) is 13.0. The number of amides is 1. The van der Waals surface area contributed by atoms with Gasteiger partial charge in [-0.15, -0.1) is 0 Å². The summed E-state index contributed by atoms with van der Waals surface area (Å²) in [5, 5.41) is 1.47. The zero-order valence-corrected chi connectivity index (χ0v) is 13.8.